The topological polar surface area (TPSA) is 41.6 Å². The van der Waals surface area contributed by atoms with E-state index in [1.807, 2.05) is 30.3 Å². The molecule has 2 aromatic rings. The largest absolute Gasteiger partial charge is 0.484 e. The van der Waals surface area contributed by atoms with Crippen molar-refractivity contribution >= 4 is 17.3 Å². The van der Waals surface area contributed by atoms with Crippen molar-refractivity contribution in [3.05, 3.63) is 54.1 Å². The Balaban J connectivity index is 1.50. The highest BCUT2D eigenvalue weighted by molar-refractivity contribution is 5.92. The first-order valence-corrected chi connectivity index (χ1v) is 8.61. The molecule has 0 saturated carbocycles. The Hall–Kier alpha value is -2.49. The van der Waals surface area contributed by atoms with Crippen molar-refractivity contribution in [3.63, 3.8) is 0 Å². The molecule has 1 heterocycles. The van der Waals surface area contributed by atoms with Gasteiger partial charge in [0.15, 0.2) is 6.61 Å². The number of nitrogens with zero attached hydrogens (tertiary/aromatic N) is 1. The van der Waals surface area contributed by atoms with E-state index in [1.165, 1.54) is 24.1 Å². The highest BCUT2D eigenvalue weighted by Crippen LogP contribution is 2.22. The van der Waals surface area contributed by atoms with E-state index in [0.717, 1.165) is 30.9 Å². The number of carbonyl (C=O) groups excluding carboxylic acids is 1. The maximum Gasteiger partial charge on any atom is 0.262 e. The number of anilines is 2. The first-order valence-electron chi connectivity index (χ1n) is 8.61. The Morgan fingerprint density at radius 3 is 2.58 bits per heavy atom. The van der Waals surface area contributed by atoms with Crippen LogP contribution in [0.25, 0.3) is 0 Å². The smallest absolute Gasteiger partial charge is 0.262 e. The maximum absolute atomic E-state index is 12.0. The molecular formula is C20H24N2O2. The molecule has 0 atom stereocenters. The Morgan fingerprint density at radius 2 is 1.88 bits per heavy atom. The number of aryl methyl sites for hydroxylation is 1. The van der Waals surface area contributed by atoms with E-state index in [1.54, 1.807) is 0 Å². The van der Waals surface area contributed by atoms with Crippen molar-refractivity contribution in [2.45, 2.75) is 26.2 Å². The summed E-state index contributed by atoms with van der Waals surface area (Å²) in [6.45, 7) is 4.35. The van der Waals surface area contributed by atoms with E-state index in [9.17, 15) is 4.79 Å². The minimum atomic E-state index is -0.147. The van der Waals surface area contributed by atoms with Crippen LogP contribution in [-0.2, 0) is 11.2 Å². The van der Waals surface area contributed by atoms with Gasteiger partial charge in [-0.1, -0.05) is 19.1 Å². The molecule has 1 aliphatic heterocycles. The van der Waals surface area contributed by atoms with Gasteiger partial charge in [-0.05, 0) is 61.2 Å². The van der Waals surface area contributed by atoms with Gasteiger partial charge in [-0.3, -0.25) is 4.79 Å². The second-order valence-corrected chi connectivity index (χ2v) is 6.08. The number of ether oxygens (including phenoxy) is 1. The van der Waals surface area contributed by atoms with Gasteiger partial charge in [-0.15, -0.1) is 0 Å². The Labute approximate surface area is 143 Å². The summed E-state index contributed by atoms with van der Waals surface area (Å²) in [6, 6.07) is 15.9. The predicted octanol–water partition coefficient (Wildman–Crippen LogP) is 3.87. The van der Waals surface area contributed by atoms with E-state index in [2.05, 4.69) is 35.3 Å². The van der Waals surface area contributed by atoms with Gasteiger partial charge in [0.05, 0.1) is 0 Å². The van der Waals surface area contributed by atoms with Gasteiger partial charge in [0.2, 0.25) is 0 Å². The average Bonchev–Trinajstić information content (AvgIpc) is 3.15. The lowest BCUT2D eigenvalue weighted by Gasteiger charge is -2.17. The molecule has 24 heavy (non-hydrogen) atoms. The number of nitrogens with one attached hydrogen (secondary N) is 1. The Bertz CT molecular complexity index is 676. The number of rotatable bonds is 6. The molecule has 126 valence electrons. The van der Waals surface area contributed by atoms with Crippen molar-refractivity contribution < 1.29 is 9.53 Å². The van der Waals surface area contributed by atoms with Crippen molar-refractivity contribution in [3.8, 4) is 5.75 Å². The van der Waals surface area contributed by atoms with Crippen LogP contribution in [-0.4, -0.2) is 25.6 Å². The van der Waals surface area contributed by atoms with Crippen LogP contribution in [0.1, 0.15) is 25.3 Å². The van der Waals surface area contributed by atoms with Crippen LogP contribution in [0, 0.1) is 0 Å². The van der Waals surface area contributed by atoms with Crippen molar-refractivity contribution in [1.82, 2.24) is 0 Å². The van der Waals surface area contributed by atoms with Gasteiger partial charge >= 0.3 is 0 Å². The molecule has 0 spiro atoms. The van der Waals surface area contributed by atoms with E-state index in [-0.39, 0.29) is 12.5 Å². The zero-order valence-electron chi connectivity index (χ0n) is 14.1. The standard InChI is InChI=1S/C20H24N2O2/c1-2-16-6-5-7-19(14-16)24-15-20(23)21-17-8-10-18(11-9-17)22-12-3-4-13-22/h5-11,14H,2-4,12-13,15H2,1H3,(H,21,23). The summed E-state index contributed by atoms with van der Waals surface area (Å²) < 4.78 is 5.57. The van der Waals surface area contributed by atoms with Crippen molar-refractivity contribution in [1.29, 1.82) is 0 Å². The lowest BCUT2D eigenvalue weighted by atomic mass is 10.2. The fourth-order valence-corrected chi connectivity index (χ4v) is 2.93. The highest BCUT2D eigenvalue weighted by atomic mass is 16.5. The number of hydrogen-bond acceptors (Lipinski definition) is 3. The number of hydrogen-bond donors (Lipinski definition) is 1. The third kappa shape index (κ3) is 4.28. The fraction of sp³-hybridized carbons (Fsp3) is 0.350. The van der Waals surface area contributed by atoms with Crippen LogP contribution in [0.5, 0.6) is 5.75 Å². The molecule has 4 nitrogen and oxygen atoms in total. The third-order valence-corrected chi connectivity index (χ3v) is 4.30. The summed E-state index contributed by atoms with van der Waals surface area (Å²) in [7, 11) is 0. The molecule has 1 aliphatic rings. The van der Waals surface area contributed by atoms with E-state index >= 15 is 0 Å². The maximum atomic E-state index is 12.0. The van der Waals surface area contributed by atoms with E-state index < -0.39 is 0 Å². The van der Waals surface area contributed by atoms with Gasteiger partial charge < -0.3 is 15.0 Å². The summed E-state index contributed by atoms with van der Waals surface area (Å²) >= 11 is 0. The first kappa shape index (κ1) is 16.4. The number of benzene rings is 2. The summed E-state index contributed by atoms with van der Waals surface area (Å²) in [6.07, 6.45) is 3.47. The van der Waals surface area contributed by atoms with Gasteiger partial charge in [0.25, 0.3) is 5.91 Å². The van der Waals surface area contributed by atoms with Gasteiger partial charge in [-0.25, -0.2) is 0 Å². The number of carbonyl (C=O) groups is 1. The highest BCUT2D eigenvalue weighted by Gasteiger charge is 2.12. The van der Waals surface area contributed by atoms with Crippen LogP contribution < -0.4 is 15.0 Å². The third-order valence-electron chi connectivity index (χ3n) is 4.30. The van der Waals surface area contributed by atoms with Crippen LogP contribution in [0.4, 0.5) is 11.4 Å². The van der Waals surface area contributed by atoms with E-state index in [4.69, 9.17) is 4.74 Å². The lowest BCUT2D eigenvalue weighted by Crippen LogP contribution is -2.20. The minimum Gasteiger partial charge on any atom is -0.484 e. The minimum absolute atomic E-state index is 0.0149. The van der Waals surface area contributed by atoms with Crippen molar-refractivity contribution in [2.24, 2.45) is 0 Å². The summed E-state index contributed by atoms with van der Waals surface area (Å²) in [5.41, 5.74) is 3.22. The zero-order chi connectivity index (χ0) is 16.8. The number of amides is 1. The summed E-state index contributed by atoms with van der Waals surface area (Å²) in [5.74, 6) is 0.583. The molecule has 1 N–H and O–H groups in total. The second kappa shape index (κ2) is 7.86. The summed E-state index contributed by atoms with van der Waals surface area (Å²) in [5, 5.41) is 2.88. The zero-order valence-corrected chi connectivity index (χ0v) is 14.1. The lowest BCUT2D eigenvalue weighted by molar-refractivity contribution is -0.118. The first-order chi connectivity index (χ1) is 11.7. The van der Waals surface area contributed by atoms with Gasteiger partial charge in [0.1, 0.15) is 5.75 Å². The Morgan fingerprint density at radius 1 is 1.12 bits per heavy atom. The monoisotopic (exact) mass is 324 g/mol. The molecule has 0 unspecified atom stereocenters. The van der Waals surface area contributed by atoms with Crippen LogP contribution in [0.3, 0.4) is 0 Å². The molecule has 0 aliphatic carbocycles. The van der Waals surface area contributed by atoms with Gasteiger partial charge in [-0.2, -0.15) is 0 Å². The molecule has 0 radical (unpaired) electrons. The normalized spacial score (nSPS) is 13.8. The molecule has 1 fully saturated rings. The van der Waals surface area contributed by atoms with E-state index in [0.29, 0.717) is 0 Å². The molecule has 2 aromatic carbocycles. The SMILES string of the molecule is CCc1cccc(OCC(=O)Nc2ccc(N3CCCC3)cc2)c1. The van der Waals surface area contributed by atoms with Gasteiger partial charge in [0, 0.05) is 24.5 Å². The Kier molecular flexibility index (Phi) is 5.36. The molecule has 3 rings (SSSR count). The second-order valence-electron chi connectivity index (χ2n) is 6.08. The summed E-state index contributed by atoms with van der Waals surface area (Å²) in [4.78, 5) is 14.4. The molecule has 1 amide bonds. The predicted molar refractivity (Wildman–Crippen MR) is 97.8 cm³/mol. The van der Waals surface area contributed by atoms with Crippen LogP contribution in [0.15, 0.2) is 48.5 Å². The van der Waals surface area contributed by atoms with Crippen molar-refractivity contribution in [2.75, 3.05) is 29.9 Å². The average molecular weight is 324 g/mol. The molecule has 0 aromatic heterocycles. The molecule has 1 saturated heterocycles. The molecule has 4 heteroatoms. The quantitative estimate of drug-likeness (QED) is 0.877. The van der Waals surface area contributed by atoms with Crippen LogP contribution in [0.2, 0.25) is 0 Å². The van der Waals surface area contributed by atoms with Crippen LogP contribution >= 0.6 is 0 Å². The molecular weight excluding hydrogens is 300 g/mol. The fourth-order valence-electron chi connectivity index (χ4n) is 2.93. The molecule has 0 bridgehead atoms.